The molecule has 0 saturated heterocycles. The summed E-state index contributed by atoms with van der Waals surface area (Å²) >= 11 is 0. The highest BCUT2D eigenvalue weighted by Gasteiger charge is 2.16. The van der Waals surface area contributed by atoms with E-state index in [0.29, 0.717) is 11.3 Å². The average Bonchev–Trinajstić information content (AvgIpc) is 2.41. The monoisotopic (exact) mass is 299 g/mol. The maximum Gasteiger partial charge on any atom is 0.255 e. The number of aromatic nitrogens is 1. The van der Waals surface area contributed by atoms with Crippen LogP contribution in [-0.4, -0.2) is 56.4 Å². The van der Waals surface area contributed by atoms with Crippen LogP contribution in [0.5, 0.6) is 0 Å². The van der Waals surface area contributed by atoms with Crippen LogP contribution in [0.3, 0.4) is 0 Å². The quantitative estimate of drug-likeness (QED) is 0.813. The Morgan fingerprint density at radius 1 is 1.45 bits per heavy atom. The molecule has 112 valence electrons. The number of pyridine rings is 1. The van der Waals surface area contributed by atoms with Crippen LogP contribution in [0.4, 0.5) is 5.69 Å². The summed E-state index contributed by atoms with van der Waals surface area (Å²) in [6.07, 6.45) is 5.25. The van der Waals surface area contributed by atoms with E-state index in [2.05, 4.69) is 10.3 Å². The number of hydrogen-bond donors (Lipinski definition) is 1. The van der Waals surface area contributed by atoms with Crippen LogP contribution >= 0.6 is 0 Å². The smallest absolute Gasteiger partial charge is 0.255 e. The molecule has 0 aliphatic carbocycles. The molecule has 0 unspecified atom stereocenters. The van der Waals surface area contributed by atoms with Crippen molar-refractivity contribution >= 4 is 21.4 Å². The van der Waals surface area contributed by atoms with Crippen molar-refractivity contribution in [2.24, 2.45) is 0 Å². The molecule has 0 spiro atoms. The minimum atomic E-state index is -3.08. The Hall–Kier alpha value is -1.63. The van der Waals surface area contributed by atoms with Crippen molar-refractivity contribution in [2.75, 3.05) is 37.5 Å². The lowest BCUT2D eigenvalue weighted by Crippen LogP contribution is -2.32. The third-order valence-corrected chi connectivity index (χ3v) is 3.69. The van der Waals surface area contributed by atoms with Gasteiger partial charge in [-0.2, -0.15) is 0 Å². The molecule has 0 saturated carbocycles. The Morgan fingerprint density at radius 3 is 2.75 bits per heavy atom. The fourth-order valence-corrected chi connectivity index (χ4v) is 2.20. The van der Waals surface area contributed by atoms with Crippen LogP contribution in [0.1, 0.15) is 23.7 Å². The topological polar surface area (TPSA) is 79.4 Å². The number of carbonyl (C=O) groups is 1. The molecule has 20 heavy (non-hydrogen) atoms. The first-order valence-corrected chi connectivity index (χ1v) is 8.52. The zero-order valence-electron chi connectivity index (χ0n) is 12.1. The van der Waals surface area contributed by atoms with Crippen molar-refractivity contribution in [1.82, 2.24) is 9.88 Å². The fourth-order valence-electron chi connectivity index (χ4n) is 1.59. The average molecular weight is 299 g/mol. The molecule has 0 fully saturated rings. The Kier molecular flexibility index (Phi) is 5.94. The minimum absolute atomic E-state index is 0.0436. The first-order valence-electron chi connectivity index (χ1n) is 6.46. The Morgan fingerprint density at radius 2 is 2.15 bits per heavy atom. The molecule has 1 N–H and O–H groups in total. The highest BCUT2D eigenvalue weighted by atomic mass is 32.2. The number of carbonyl (C=O) groups excluding carboxylic acids is 1. The maximum atomic E-state index is 12.3. The zero-order chi connectivity index (χ0) is 15.2. The van der Waals surface area contributed by atoms with Gasteiger partial charge in [-0.05, 0) is 12.5 Å². The van der Waals surface area contributed by atoms with Gasteiger partial charge in [-0.3, -0.25) is 9.78 Å². The highest BCUT2D eigenvalue weighted by molar-refractivity contribution is 7.90. The lowest BCUT2D eigenvalue weighted by molar-refractivity contribution is 0.0804. The number of hydrogen-bond acceptors (Lipinski definition) is 5. The van der Waals surface area contributed by atoms with Crippen molar-refractivity contribution in [2.45, 2.75) is 13.3 Å². The van der Waals surface area contributed by atoms with E-state index in [9.17, 15) is 13.2 Å². The number of rotatable bonds is 7. The van der Waals surface area contributed by atoms with Crippen LogP contribution in [-0.2, 0) is 9.84 Å². The summed E-state index contributed by atoms with van der Waals surface area (Å²) in [5.74, 6) is -0.257. The molecule has 1 rings (SSSR count). The van der Waals surface area contributed by atoms with Crippen molar-refractivity contribution < 1.29 is 13.2 Å². The second-order valence-corrected chi connectivity index (χ2v) is 6.96. The van der Waals surface area contributed by atoms with E-state index in [-0.39, 0.29) is 18.2 Å². The number of sulfone groups is 1. The van der Waals surface area contributed by atoms with Gasteiger partial charge in [0.2, 0.25) is 0 Å². The van der Waals surface area contributed by atoms with Gasteiger partial charge < -0.3 is 10.2 Å². The molecule has 1 heterocycles. The second kappa shape index (κ2) is 7.23. The number of amides is 1. The summed E-state index contributed by atoms with van der Waals surface area (Å²) in [5, 5.41) is 3.14. The fraction of sp³-hybridized carbons (Fsp3) is 0.538. The van der Waals surface area contributed by atoms with Gasteiger partial charge in [-0.15, -0.1) is 0 Å². The van der Waals surface area contributed by atoms with Crippen molar-refractivity contribution in [3.63, 3.8) is 0 Å². The molecule has 0 radical (unpaired) electrons. The number of nitrogens with zero attached hydrogens (tertiary/aromatic N) is 2. The van der Waals surface area contributed by atoms with Gasteiger partial charge in [-0.25, -0.2) is 8.42 Å². The first-order chi connectivity index (χ1) is 9.35. The molecule has 1 aromatic heterocycles. The van der Waals surface area contributed by atoms with Gasteiger partial charge >= 0.3 is 0 Å². The Balaban J connectivity index is 2.80. The number of anilines is 1. The summed E-state index contributed by atoms with van der Waals surface area (Å²) in [6, 6.07) is 1.64. The second-order valence-electron chi connectivity index (χ2n) is 4.70. The SMILES string of the molecule is CCCNc1cnccc1C(=O)N(C)CCS(C)(=O)=O. The maximum absolute atomic E-state index is 12.3. The molecule has 0 atom stereocenters. The molecular formula is C13H21N3O3S. The standard InChI is InChI=1S/C13H21N3O3S/c1-4-6-15-12-10-14-7-5-11(12)13(17)16(2)8-9-20(3,18)19/h5,7,10,15H,4,6,8-9H2,1-3H3. The van der Waals surface area contributed by atoms with Gasteiger partial charge in [0.05, 0.1) is 23.2 Å². The van der Waals surface area contributed by atoms with E-state index in [1.807, 2.05) is 6.92 Å². The molecule has 0 aromatic carbocycles. The van der Waals surface area contributed by atoms with Crippen LogP contribution in [0, 0.1) is 0 Å². The molecule has 1 aromatic rings. The van der Waals surface area contributed by atoms with E-state index in [4.69, 9.17) is 0 Å². The van der Waals surface area contributed by atoms with Gasteiger partial charge in [0.15, 0.2) is 0 Å². The van der Waals surface area contributed by atoms with Gasteiger partial charge in [0.25, 0.3) is 5.91 Å². The van der Waals surface area contributed by atoms with Gasteiger partial charge in [0, 0.05) is 32.6 Å². The Bertz CT molecular complexity index is 558. The highest BCUT2D eigenvalue weighted by Crippen LogP contribution is 2.15. The molecule has 0 aliphatic rings. The molecule has 7 heteroatoms. The van der Waals surface area contributed by atoms with Crippen LogP contribution in [0.2, 0.25) is 0 Å². The summed E-state index contributed by atoms with van der Waals surface area (Å²) in [7, 11) is -1.49. The Labute approximate surface area is 120 Å². The van der Waals surface area contributed by atoms with Crippen molar-refractivity contribution in [1.29, 1.82) is 0 Å². The third-order valence-electron chi connectivity index (χ3n) is 2.76. The van der Waals surface area contributed by atoms with E-state index in [1.54, 1.807) is 25.5 Å². The molecule has 0 aliphatic heterocycles. The van der Waals surface area contributed by atoms with E-state index >= 15 is 0 Å². The molecular weight excluding hydrogens is 278 g/mol. The van der Waals surface area contributed by atoms with E-state index in [1.165, 1.54) is 4.90 Å². The van der Waals surface area contributed by atoms with E-state index in [0.717, 1.165) is 19.2 Å². The zero-order valence-corrected chi connectivity index (χ0v) is 12.9. The third kappa shape index (κ3) is 5.16. The molecule has 0 bridgehead atoms. The predicted molar refractivity (Wildman–Crippen MR) is 79.7 cm³/mol. The van der Waals surface area contributed by atoms with Gasteiger partial charge in [0.1, 0.15) is 9.84 Å². The van der Waals surface area contributed by atoms with Crippen LogP contribution in [0.25, 0.3) is 0 Å². The lowest BCUT2D eigenvalue weighted by atomic mass is 10.2. The molecule has 1 amide bonds. The van der Waals surface area contributed by atoms with Crippen LogP contribution < -0.4 is 5.32 Å². The normalized spacial score (nSPS) is 11.2. The minimum Gasteiger partial charge on any atom is -0.383 e. The van der Waals surface area contributed by atoms with Crippen LogP contribution in [0.15, 0.2) is 18.5 Å². The predicted octanol–water partition coefficient (Wildman–Crippen LogP) is 1.02. The summed E-state index contributed by atoms with van der Waals surface area (Å²) < 4.78 is 22.3. The first kappa shape index (κ1) is 16.4. The van der Waals surface area contributed by atoms with Gasteiger partial charge in [-0.1, -0.05) is 6.92 Å². The van der Waals surface area contributed by atoms with E-state index < -0.39 is 9.84 Å². The number of nitrogens with one attached hydrogen (secondary N) is 1. The molecule has 6 nitrogen and oxygen atoms in total. The lowest BCUT2D eigenvalue weighted by Gasteiger charge is -2.18. The summed E-state index contributed by atoms with van der Waals surface area (Å²) in [5.41, 5.74) is 1.18. The van der Waals surface area contributed by atoms with Crippen molar-refractivity contribution in [3.8, 4) is 0 Å². The van der Waals surface area contributed by atoms with Crippen molar-refractivity contribution in [3.05, 3.63) is 24.0 Å². The summed E-state index contributed by atoms with van der Waals surface area (Å²) in [6.45, 7) is 2.95. The summed E-state index contributed by atoms with van der Waals surface area (Å²) in [4.78, 5) is 17.7. The largest absolute Gasteiger partial charge is 0.383 e.